The number of nitrogens with one attached hydrogen (secondary N) is 1. The van der Waals surface area contributed by atoms with Crippen molar-refractivity contribution in [3.8, 4) is 5.75 Å². The predicted molar refractivity (Wildman–Crippen MR) is 116 cm³/mol. The molecule has 8 nitrogen and oxygen atoms in total. The highest BCUT2D eigenvalue weighted by atomic mass is 32.1. The van der Waals surface area contributed by atoms with E-state index in [-0.39, 0.29) is 24.8 Å². The van der Waals surface area contributed by atoms with Gasteiger partial charge in [-0.2, -0.15) is 4.36 Å². The van der Waals surface area contributed by atoms with E-state index >= 15 is 0 Å². The number of halogens is 1. The van der Waals surface area contributed by atoms with Crippen molar-refractivity contribution in [3.05, 3.63) is 48.0 Å². The number of aromatic nitrogens is 2. The summed E-state index contributed by atoms with van der Waals surface area (Å²) in [6.07, 6.45) is 1.43. The average molecular weight is 441 g/mol. The number of aryl methyl sites for hydroxylation is 1. The Morgan fingerprint density at radius 2 is 2.23 bits per heavy atom. The zero-order valence-corrected chi connectivity index (χ0v) is 17.5. The van der Waals surface area contributed by atoms with E-state index in [0.717, 1.165) is 10.9 Å². The average Bonchev–Trinajstić information content (AvgIpc) is 3.19. The molecule has 1 fully saturated rings. The van der Waals surface area contributed by atoms with E-state index in [1.165, 1.54) is 29.4 Å². The second-order valence-corrected chi connectivity index (χ2v) is 7.49. The molecular weight excluding hydrogens is 421 g/mol. The van der Waals surface area contributed by atoms with Crippen molar-refractivity contribution in [1.29, 1.82) is 0 Å². The molecule has 1 unspecified atom stereocenters. The van der Waals surface area contributed by atoms with Crippen molar-refractivity contribution in [1.82, 2.24) is 14.9 Å². The monoisotopic (exact) mass is 441 g/mol. The lowest BCUT2D eigenvalue weighted by atomic mass is 10.1. The first-order valence-electron chi connectivity index (χ1n) is 9.68. The normalized spacial score (nSPS) is 15.8. The van der Waals surface area contributed by atoms with Gasteiger partial charge in [-0.1, -0.05) is 0 Å². The molecule has 0 saturated carbocycles. The third-order valence-corrected chi connectivity index (χ3v) is 5.30. The molecule has 1 amide bonds. The number of aliphatic hydroxyl groups is 1. The Hall–Kier alpha value is -3.24. The molecule has 2 heterocycles. The van der Waals surface area contributed by atoms with Gasteiger partial charge in [0.2, 0.25) is 0 Å². The first-order chi connectivity index (χ1) is 14.9. The quantitative estimate of drug-likeness (QED) is 0.606. The molecule has 0 spiro atoms. The van der Waals surface area contributed by atoms with Crippen LogP contribution in [0.15, 0.2) is 41.0 Å². The second-order valence-electron chi connectivity index (χ2n) is 7.31. The molecule has 2 N–H and O–H groups in total. The smallest absolute Gasteiger partial charge is 0.260 e. The van der Waals surface area contributed by atoms with Gasteiger partial charge in [0.25, 0.3) is 5.91 Å². The molecule has 1 aliphatic rings. The molecular formula is C21H20FN5O3S. The van der Waals surface area contributed by atoms with Crippen LogP contribution in [0.3, 0.4) is 0 Å². The Bertz CT molecular complexity index is 1160. The van der Waals surface area contributed by atoms with Crippen LogP contribution in [0.1, 0.15) is 12.0 Å². The fourth-order valence-electron chi connectivity index (χ4n) is 3.57. The number of likely N-dealkylation sites (tertiary alicyclic amines) is 1. The molecule has 1 saturated heterocycles. The predicted octanol–water partition coefficient (Wildman–Crippen LogP) is 3.15. The number of aliphatic hydroxyl groups excluding tert-OH is 1. The highest BCUT2D eigenvalue weighted by Crippen LogP contribution is 2.33. The number of β-amino-alcohol motifs (C(OH)–C–C–N with tert-alkyl or cyclic N) is 1. The molecule has 0 bridgehead atoms. The molecule has 10 heteroatoms. The van der Waals surface area contributed by atoms with Crippen LogP contribution in [0.2, 0.25) is 0 Å². The Balaban J connectivity index is 1.59. The van der Waals surface area contributed by atoms with Gasteiger partial charge in [0.1, 0.15) is 23.7 Å². The topological polar surface area (TPSA) is 99.9 Å². The molecule has 1 aliphatic heterocycles. The second kappa shape index (κ2) is 8.86. The Kier molecular flexibility index (Phi) is 6.01. The van der Waals surface area contributed by atoms with Crippen molar-refractivity contribution in [2.24, 2.45) is 4.36 Å². The van der Waals surface area contributed by atoms with E-state index in [1.807, 2.05) is 13.0 Å². The van der Waals surface area contributed by atoms with Gasteiger partial charge in [-0.15, -0.1) is 0 Å². The highest BCUT2D eigenvalue weighted by molar-refractivity contribution is 7.47. The first kappa shape index (κ1) is 21.0. The van der Waals surface area contributed by atoms with E-state index in [1.54, 1.807) is 6.07 Å². The van der Waals surface area contributed by atoms with Crippen LogP contribution < -0.4 is 10.1 Å². The minimum absolute atomic E-state index is 0.176. The summed E-state index contributed by atoms with van der Waals surface area (Å²) in [4.78, 5) is 22.5. The number of benzene rings is 2. The maximum Gasteiger partial charge on any atom is 0.260 e. The number of ether oxygens (including phenoxy) is 1. The maximum atomic E-state index is 13.9. The van der Waals surface area contributed by atoms with Crippen LogP contribution in [-0.4, -0.2) is 51.7 Å². The number of amides is 1. The summed E-state index contributed by atoms with van der Waals surface area (Å²) in [7, 11) is 0. The number of hydrogen-bond acceptors (Lipinski definition) is 8. The third-order valence-electron chi connectivity index (χ3n) is 5.09. The van der Waals surface area contributed by atoms with E-state index in [4.69, 9.17) is 17.2 Å². The number of fused-ring (bicyclic) bond motifs is 1. The maximum absolute atomic E-state index is 13.9. The summed E-state index contributed by atoms with van der Waals surface area (Å²) < 4.78 is 23.3. The summed E-state index contributed by atoms with van der Waals surface area (Å²) >= 11 is 4.77. The van der Waals surface area contributed by atoms with Gasteiger partial charge < -0.3 is 20.1 Å². The van der Waals surface area contributed by atoms with Gasteiger partial charge in [0, 0.05) is 37.0 Å². The lowest BCUT2D eigenvalue weighted by Gasteiger charge is -2.18. The van der Waals surface area contributed by atoms with E-state index in [2.05, 4.69) is 19.6 Å². The fraction of sp³-hybridized carbons (Fsp3) is 0.286. The van der Waals surface area contributed by atoms with Crippen molar-refractivity contribution in [2.45, 2.75) is 19.4 Å². The summed E-state index contributed by atoms with van der Waals surface area (Å²) in [6.45, 7) is 2.38. The number of rotatable bonds is 6. The summed E-state index contributed by atoms with van der Waals surface area (Å²) in [5.41, 5.74) is 2.61. The van der Waals surface area contributed by atoms with Gasteiger partial charge in [-0.3, -0.25) is 4.79 Å². The van der Waals surface area contributed by atoms with Crippen LogP contribution in [0.5, 0.6) is 5.75 Å². The highest BCUT2D eigenvalue weighted by Gasteiger charge is 2.25. The van der Waals surface area contributed by atoms with Crippen molar-refractivity contribution >= 4 is 46.4 Å². The SMILES string of the molecule is Cc1cc(N=S)cc2ncnc(Nc3ccc(F)cc3OCC(=O)N3CCC(O)C3)c12. The lowest BCUT2D eigenvalue weighted by molar-refractivity contribution is -0.132. The number of hydrogen-bond donors (Lipinski definition) is 2. The fourth-order valence-corrected chi connectivity index (χ4v) is 3.67. The van der Waals surface area contributed by atoms with Gasteiger partial charge in [0.15, 0.2) is 6.61 Å². The van der Waals surface area contributed by atoms with Crippen LogP contribution >= 0.6 is 0 Å². The molecule has 1 atom stereocenters. The van der Waals surface area contributed by atoms with Crippen LogP contribution in [0.25, 0.3) is 10.9 Å². The molecule has 1 aromatic heterocycles. The molecule has 3 aromatic rings. The molecule has 0 radical (unpaired) electrons. The molecule has 2 aromatic carbocycles. The first-order valence-corrected chi connectivity index (χ1v) is 10.0. The van der Waals surface area contributed by atoms with Crippen molar-refractivity contribution in [3.63, 3.8) is 0 Å². The number of nitrogens with zero attached hydrogens (tertiary/aromatic N) is 4. The lowest BCUT2D eigenvalue weighted by Crippen LogP contribution is -2.33. The molecule has 4 rings (SSSR count). The van der Waals surface area contributed by atoms with E-state index in [0.29, 0.717) is 35.7 Å². The van der Waals surface area contributed by atoms with Crippen molar-refractivity contribution in [2.75, 3.05) is 25.0 Å². The zero-order valence-electron chi connectivity index (χ0n) is 16.7. The third kappa shape index (κ3) is 4.59. The van der Waals surface area contributed by atoms with Gasteiger partial charge in [-0.05, 0) is 43.2 Å². The largest absolute Gasteiger partial charge is 0.481 e. The molecule has 31 heavy (non-hydrogen) atoms. The minimum atomic E-state index is -0.515. The minimum Gasteiger partial charge on any atom is -0.481 e. The Labute approximate surface area is 183 Å². The molecule has 160 valence electrons. The Morgan fingerprint density at radius 1 is 1.39 bits per heavy atom. The zero-order chi connectivity index (χ0) is 22.0. The van der Waals surface area contributed by atoms with Crippen LogP contribution in [0, 0.1) is 12.7 Å². The number of anilines is 2. The van der Waals surface area contributed by atoms with Crippen LogP contribution in [-0.2, 0) is 17.2 Å². The number of carbonyl (C=O) groups excluding carboxylic acids is 1. The van der Waals surface area contributed by atoms with E-state index < -0.39 is 11.9 Å². The van der Waals surface area contributed by atoms with Gasteiger partial charge in [0.05, 0.1) is 23.0 Å². The summed E-state index contributed by atoms with van der Waals surface area (Å²) in [6, 6.07) is 7.60. The Morgan fingerprint density at radius 3 is 2.97 bits per heavy atom. The van der Waals surface area contributed by atoms with E-state index in [9.17, 15) is 14.3 Å². The standard InChI is InChI=1S/C21H20FN5O3S/c1-12-6-14(26-31)8-17-20(12)21(24-11-23-17)25-16-3-2-13(22)7-18(16)30-10-19(29)27-5-4-15(28)9-27/h2-3,6-8,11,15,28H,4-5,9-10H2,1H3,(H,23,24,25). The van der Waals surface area contributed by atoms with Crippen molar-refractivity contribution < 1.29 is 19.0 Å². The van der Waals surface area contributed by atoms with Crippen LogP contribution in [0.4, 0.5) is 21.6 Å². The summed E-state index contributed by atoms with van der Waals surface area (Å²) in [5.74, 6) is -0.0844. The number of carbonyl (C=O) groups is 1. The van der Waals surface area contributed by atoms with Gasteiger partial charge in [-0.25, -0.2) is 14.4 Å². The van der Waals surface area contributed by atoms with Gasteiger partial charge >= 0.3 is 0 Å². The summed E-state index contributed by atoms with van der Waals surface area (Å²) in [5, 5.41) is 13.5. The molecule has 0 aliphatic carbocycles.